The van der Waals surface area contributed by atoms with Crippen LogP contribution in [-0.2, 0) is 14.8 Å². The average Bonchev–Trinajstić information content (AvgIpc) is 2.62. The zero-order valence-corrected chi connectivity index (χ0v) is 18.3. The molecule has 0 radical (unpaired) electrons. The predicted molar refractivity (Wildman–Crippen MR) is 114 cm³/mol. The topological polar surface area (TPSA) is 75.7 Å². The molecule has 0 bridgehead atoms. The van der Waals surface area contributed by atoms with Crippen molar-refractivity contribution in [3.63, 3.8) is 0 Å². The van der Waals surface area contributed by atoms with Gasteiger partial charge in [0, 0.05) is 15.7 Å². The molecule has 9 heteroatoms. The molecule has 1 atom stereocenters. The van der Waals surface area contributed by atoms with Crippen LogP contribution < -0.4 is 14.4 Å². The molecule has 28 heavy (non-hydrogen) atoms. The van der Waals surface area contributed by atoms with Crippen LogP contribution in [0.3, 0.4) is 0 Å². The molecule has 0 spiro atoms. The Morgan fingerprint density at radius 2 is 1.93 bits per heavy atom. The second-order valence-electron chi connectivity index (χ2n) is 6.20. The number of sulfonamides is 1. The van der Waals surface area contributed by atoms with Gasteiger partial charge in [-0.1, -0.05) is 36.2 Å². The third-order valence-corrected chi connectivity index (χ3v) is 6.04. The Morgan fingerprint density at radius 1 is 1.25 bits per heavy atom. The smallest absolute Gasteiger partial charge is 0.248 e. The van der Waals surface area contributed by atoms with Gasteiger partial charge in [-0.05, 0) is 49.2 Å². The molecule has 1 amide bonds. The number of amides is 1. The SMILES string of the molecule is CCC(C(=O)Nc1cccc(Cl)c1C)N(c1cc(Cl)ccc1OC)S(C)(=O)=O. The first-order valence-electron chi connectivity index (χ1n) is 8.49. The number of methoxy groups -OCH3 is 1. The number of carbonyl (C=O) groups excluding carboxylic acids is 1. The Hall–Kier alpha value is -1.96. The number of ether oxygens (including phenoxy) is 1. The number of halogens is 2. The Balaban J connectivity index is 2.51. The summed E-state index contributed by atoms with van der Waals surface area (Å²) < 4.78 is 31.6. The van der Waals surface area contributed by atoms with Gasteiger partial charge < -0.3 is 10.1 Å². The molecule has 0 saturated heterocycles. The van der Waals surface area contributed by atoms with E-state index >= 15 is 0 Å². The van der Waals surface area contributed by atoms with Gasteiger partial charge in [0.1, 0.15) is 11.8 Å². The van der Waals surface area contributed by atoms with Gasteiger partial charge in [0.2, 0.25) is 15.9 Å². The molecule has 0 saturated carbocycles. The number of hydrogen-bond donors (Lipinski definition) is 1. The lowest BCUT2D eigenvalue weighted by Crippen LogP contribution is -2.47. The molecule has 2 aromatic rings. The van der Waals surface area contributed by atoms with E-state index in [4.69, 9.17) is 27.9 Å². The summed E-state index contributed by atoms with van der Waals surface area (Å²) in [5.41, 5.74) is 1.41. The standard InChI is InChI=1S/C19H22Cl2N2O4S/c1-5-16(19(24)22-15-8-6-7-14(21)12(15)2)23(28(4,25)26)17-11-13(20)9-10-18(17)27-3/h6-11,16H,5H2,1-4H3,(H,22,24). The van der Waals surface area contributed by atoms with Gasteiger partial charge in [-0.3, -0.25) is 9.10 Å². The number of carbonyl (C=O) groups is 1. The number of nitrogens with zero attached hydrogens (tertiary/aromatic N) is 1. The summed E-state index contributed by atoms with van der Waals surface area (Å²) in [5.74, 6) is -0.194. The van der Waals surface area contributed by atoms with Crippen LogP contribution >= 0.6 is 23.2 Å². The van der Waals surface area contributed by atoms with Gasteiger partial charge in [0.15, 0.2) is 0 Å². The maximum absolute atomic E-state index is 13.0. The zero-order chi connectivity index (χ0) is 21.1. The first-order valence-corrected chi connectivity index (χ1v) is 11.1. The maximum Gasteiger partial charge on any atom is 0.248 e. The average molecular weight is 445 g/mol. The molecule has 0 aromatic heterocycles. The number of rotatable bonds is 7. The largest absolute Gasteiger partial charge is 0.495 e. The van der Waals surface area contributed by atoms with E-state index in [9.17, 15) is 13.2 Å². The van der Waals surface area contributed by atoms with E-state index in [1.165, 1.54) is 13.2 Å². The Morgan fingerprint density at radius 3 is 2.50 bits per heavy atom. The van der Waals surface area contributed by atoms with Crippen molar-refractivity contribution in [2.75, 3.05) is 23.0 Å². The van der Waals surface area contributed by atoms with Gasteiger partial charge in [0.05, 0.1) is 19.1 Å². The summed E-state index contributed by atoms with van der Waals surface area (Å²) in [6.45, 7) is 3.50. The third-order valence-electron chi connectivity index (χ3n) is 4.23. The summed E-state index contributed by atoms with van der Waals surface area (Å²) in [5, 5.41) is 3.60. The quantitative estimate of drug-likeness (QED) is 0.681. The highest BCUT2D eigenvalue weighted by Crippen LogP contribution is 2.35. The Bertz CT molecular complexity index is 980. The first kappa shape index (κ1) is 22.3. The molecule has 152 valence electrons. The van der Waals surface area contributed by atoms with Crippen LogP contribution in [0, 0.1) is 6.92 Å². The normalized spacial score (nSPS) is 12.4. The van der Waals surface area contributed by atoms with Crippen molar-refractivity contribution >= 4 is 50.5 Å². The van der Waals surface area contributed by atoms with E-state index in [1.54, 1.807) is 44.2 Å². The highest BCUT2D eigenvalue weighted by molar-refractivity contribution is 7.92. The van der Waals surface area contributed by atoms with Crippen LogP contribution in [-0.4, -0.2) is 33.7 Å². The summed E-state index contributed by atoms with van der Waals surface area (Å²) in [7, 11) is -2.41. The van der Waals surface area contributed by atoms with Gasteiger partial charge in [0.25, 0.3) is 0 Å². The van der Waals surface area contributed by atoms with E-state index in [-0.39, 0.29) is 12.1 Å². The summed E-state index contributed by atoms with van der Waals surface area (Å²) in [6.07, 6.45) is 1.27. The molecule has 0 aliphatic rings. The molecule has 2 rings (SSSR count). The highest BCUT2D eigenvalue weighted by Gasteiger charge is 2.33. The minimum absolute atomic E-state index is 0.197. The van der Waals surface area contributed by atoms with Crippen LogP contribution in [0.25, 0.3) is 0 Å². The molecule has 0 aliphatic heterocycles. The van der Waals surface area contributed by atoms with Crippen molar-refractivity contribution in [3.05, 3.63) is 52.0 Å². The fourth-order valence-electron chi connectivity index (χ4n) is 2.83. The lowest BCUT2D eigenvalue weighted by Gasteiger charge is -2.31. The molecule has 2 aromatic carbocycles. The van der Waals surface area contributed by atoms with E-state index in [1.807, 2.05) is 0 Å². The molecule has 0 aliphatic carbocycles. The number of nitrogens with one attached hydrogen (secondary N) is 1. The Labute approximate surface area is 175 Å². The monoisotopic (exact) mass is 444 g/mol. The summed E-state index contributed by atoms with van der Waals surface area (Å²) >= 11 is 12.2. The second-order valence-corrected chi connectivity index (χ2v) is 8.90. The second kappa shape index (κ2) is 9.03. The van der Waals surface area contributed by atoms with E-state index in [0.717, 1.165) is 10.6 Å². The predicted octanol–water partition coefficient (Wildman–Crippen LogP) is 4.49. The fourth-order valence-corrected chi connectivity index (χ4v) is 4.38. The fraction of sp³-hybridized carbons (Fsp3) is 0.316. The Kier molecular flexibility index (Phi) is 7.20. The van der Waals surface area contributed by atoms with Crippen molar-refractivity contribution in [1.29, 1.82) is 0 Å². The van der Waals surface area contributed by atoms with Gasteiger partial charge in [-0.15, -0.1) is 0 Å². The molecule has 0 fully saturated rings. The molecule has 1 unspecified atom stereocenters. The van der Waals surface area contributed by atoms with Gasteiger partial charge >= 0.3 is 0 Å². The van der Waals surface area contributed by atoms with Crippen LogP contribution in [0.4, 0.5) is 11.4 Å². The molecular formula is C19H22Cl2N2O4S. The maximum atomic E-state index is 13.0. The molecule has 0 heterocycles. The number of anilines is 2. The minimum Gasteiger partial charge on any atom is -0.495 e. The van der Waals surface area contributed by atoms with Crippen LogP contribution in [0.5, 0.6) is 5.75 Å². The third kappa shape index (κ3) is 4.90. The molecule has 1 N–H and O–H groups in total. The minimum atomic E-state index is -3.83. The number of hydrogen-bond acceptors (Lipinski definition) is 4. The van der Waals surface area contributed by atoms with Crippen molar-refractivity contribution in [1.82, 2.24) is 0 Å². The van der Waals surface area contributed by atoms with Crippen molar-refractivity contribution < 1.29 is 17.9 Å². The van der Waals surface area contributed by atoms with E-state index in [0.29, 0.717) is 27.0 Å². The lowest BCUT2D eigenvalue weighted by molar-refractivity contribution is -0.117. The van der Waals surface area contributed by atoms with E-state index in [2.05, 4.69) is 5.32 Å². The first-order chi connectivity index (χ1) is 13.1. The number of benzene rings is 2. The van der Waals surface area contributed by atoms with Crippen molar-refractivity contribution in [2.24, 2.45) is 0 Å². The van der Waals surface area contributed by atoms with Gasteiger partial charge in [-0.25, -0.2) is 8.42 Å². The molecular weight excluding hydrogens is 423 g/mol. The summed E-state index contributed by atoms with van der Waals surface area (Å²) in [6, 6.07) is 8.71. The van der Waals surface area contributed by atoms with Crippen LogP contribution in [0.15, 0.2) is 36.4 Å². The molecule has 6 nitrogen and oxygen atoms in total. The zero-order valence-electron chi connectivity index (χ0n) is 16.0. The van der Waals surface area contributed by atoms with Crippen LogP contribution in [0.1, 0.15) is 18.9 Å². The van der Waals surface area contributed by atoms with Crippen molar-refractivity contribution in [2.45, 2.75) is 26.3 Å². The van der Waals surface area contributed by atoms with Crippen molar-refractivity contribution in [3.8, 4) is 5.75 Å². The van der Waals surface area contributed by atoms with Gasteiger partial charge in [-0.2, -0.15) is 0 Å². The van der Waals surface area contributed by atoms with E-state index < -0.39 is 22.0 Å². The lowest BCUT2D eigenvalue weighted by atomic mass is 10.1. The van der Waals surface area contributed by atoms with Crippen LogP contribution in [0.2, 0.25) is 10.0 Å². The summed E-state index contributed by atoms with van der Waals surface area (Å²) in [4.78, 5) is 13.0. The highest BCUT2D eigenvalue weighted by atomic mass is 35.5.